The molecule has 0 unspecified atom stereocenters. The van der Waals surface area contributed by atoms with Crippen LogP contribution in [0.25, 0.3) is 6.08 Å². The van der Waals surface area contributed by atoms with Gasteiger partial charge < -0.3 is 9.05 Å². The summed E-state index contributed by atoms with van der Waals surface area (Å²) in [6.07, 6.45) is 1.88. The average molecular weight is 373 g/mol. The number of nitro groups is 1. The summed E-state index contributed by atoms with van der Waals surface area (Å²) in [6, 6.07) is 6.26. The normalized spacial score (nSPS) is 16.6. The summed E-state index contributed by atoms with van der Waals surface area (Å²) >= 11 is 2.77. The molecule has 1 aromatic carbocycles. The van der Waals surface area contributed by atoms with Gasteiger partial charge in [0.05, 0.1) is 22.4 Å². The number of benzene rings is 1. The molecule has 23 heavy (non-hydrogen) atoms. The molecular weight excluding hydrogens is 357 g/mol. The van der Waals surface area contributed by atoms with Crippen LogP contribution in [-0.4, -0.2) is 18.1 Å². The molecule has 0 aliphatic carbocycles. The largest absolute Gasteiger partial charge is 0.368 e. The number of nitrogens with zero attached hydrogens (tertiary/aromatic N) is 1. The third-order valence-electron chi connectivity index (χ3n) is 2.74. The molecule has 1 aliphatic rings. The zero-order valence-electron chi connectivity index (χ0n) is 12.6. The third kappa shape index (κ3) is 4.71. The molecule has 0 spiro atoms. The maximum absolute atomic E-state index is 12.7. The van der Waals surface area contributed by atoms with Crippen LogP contribution in [0.3, 0.4) is 0 Å². The molecule has 0 atom stereocenters. The van der Waals surface area contributed by atoms with E-state index in [2.05, 4.69) is 0 Å². The average Bonchev–Trinajstić information content (AvgIpc) is 2.97. The highest BCUT2D eigenvalue weighted by Crippen LogP contribution is 2.66. The van der Waals surface area contributed by atoms with Gasteiger partial charge in [0, 0.05) is 12.1 Å². The molecule has 1 heterocycles. The first-order chi connectivity index (χ1) is 11.0. The summed E-state index contributed by atoms with van der Waals surface area (Å²) in [6.45, 7) is 4.15. The van der Waals surface area contributed by atoms with Gasteiger partial charge in [-0.15, -0.1) is 0 Å². The van der Waals surface area contributed by atoms with Crippen molar-refractivity contribution in [1.82, 2.24) is 0 Å². The van der Waals surface area contributed by atoms with Gasteiger partial charge in [-0.3, -0.25) is 14.7 Å². The SMILES string of the molecule is CCOP(=O)(OCC)C1=CS/C(=C/c2ccc([N+](=O)[O-])cc2)S1. The molecule has 124 valence electrons. The number of nitro benzene ring substituents is 1. The van der Waals surface area contributed by atoms with Crippen molar-refractivity contribution in [2.75, 3.05) is 13.2 Å². The topological polar surface area (TPSA) is 78.7 Å². The molecule has 0 amide bonds. The minimum atomic E-state index is -3.26. The predicted octanol–water partition coefficient (Wildman–Crippen LogP) is 5.44. The Morgan fingerprint density at radius 1 is 1.22 bits per heavy atom. The van der Waals surface area contributed by atoms with Crippen LogP contribution >= 0.6 is 31.1 Å². The summed E-state index contributed by atoms with van der Waals surface area (Å²) in [4.78, 5) is 10.2. The molecule has 0 aromatic heterocycles. The quantitative estimate of drug-likeness (QED) is 0.358. The Morgan fingerprint density at radius 3 is 2.35 bits per heavy atom. The fraction of sp³-hybridized carbons (Fsp3) is 0.286. The van der Waals surface area contributed by atoms with Gasteiger partial charge in [-0.25, -0.2) is 0 Å². The number of thioether (sulfide) groups is 2. The molecule has 0 saturated carbocycles. The molecule has 1 aliphatic heterocycles. The van der Waals surface area contributed by atoms with Crippen molar-refractivity contribution in [2.24, 2.45) is 0 Å². The van der Waals surface area contributed by atoms with E-state index in [9.17, 15) is 14.7 Å². The van der Waals surface area contributed by atoms with Crippen LogP contribution in [0.5, 0.6) is 0 Å². The maximum Gasteiger partial charge on any atom is 0.368 e. The van der Waals surface area contributed by atoms with Crippen LogP contribution in [0, 0.1) is 10.1 Å². The van der Waals surface area contributed by atoms with Crippen LogP contribution < -0.4 is 0 Å². The third-order valence-corrected chi connectivity index (χ3v) is 7.76. The zero-order valence-corrected chi connectivity index (χ0v) is 15.2. The Hall–Kier alpha value is -1.05. The van der Waals surface area contributed by atoms with E-state index in [-0.39, 0.29) is 5.69 Å². The Labute approximate surface area is 143 Å². The minimum absolute atomic E-state index is 0.0508. The van der Waals surface area contributed by atoms with E-state index in [0.717, 1.165) is 9.80 Å². The summed E-state index contributed by atoms with van der Waals surface area (Å²) < 4.78 is 24.8. The van der Waals surface area contributed by atoms with Crippen LogP contribution in [-0.2, 0) is 13.6 Å². The van der Waals surface area contributed by atoms with E-state index in [1.54, 1.807) is 31.4 Å². The Balaban J connectivity index is 2.11. The van der Waals surface area contributed by atoms with Gasteiger partial charge in [0.15, 0.2) is 0 Å². The van der Waals surface area contributed by atoms with E-state index in [1.165, 1.54) is 35.7 Å². The molecule has 2 rings (SSSR count). The first-order valence-electron chi connectivity index (χ1n) is 6.89. The molecule has 6 nitrogen and oxygen atoms in total. The monoisotopic (exact) mass is 373 g/mol. The number of rotatable bonds is 7. The van der Waals surface area contributed by atoms with Crippen LogP contribution in [0.4, 0.5) is 5.69 Å². The number of hydrogen-bond donors (Lipinski definition) is 0. The smallest absolute Gasteiger partial charge is 0.305 e. The lowest BCUT2D eigenvalue weighted by molar-refractivity contribution is -0.384. The van der Waals surface area contributed by atoms with Gasteiger partial charge in [0.1, 0.15) is 4.65 Å². The summed E-state index contributed by atoms with van der Waals surface area (Å²) in [5, 5.41) is 12.4. The molecule has 0 fully saturated rings. The molecule has 0 bridgehead atoms. The summed E-state index contributed by atoms with van der Waals surface area (Å²) in [7, 11) is -3.26. The second-order valence-electron chi connectivity index (χ2n) is 4.32. The lowest BCUT2D eigenvalue weighted by Gasteiger charge is -2.16. The number of hydrogen-bond acceptors (Lipinski definition) is 7. The Bertz CT molecular complexity index is 677. The highest BCUT2D eigenvalue weighted by Gasteiger charge is 2.33. The molecule has 1 aromatic rings. The van der Waals surface area contributed by atoms with Gasteiger partial charge in [0.25, 0.3) is 5.69 Å². The fourth-order valence-electron chi connectivity index (χ4n) is 1.78. The van der Waals surface area contributed by atoms with Crippen molar-refractivity contribution in [3.8, 4) is 0 Å². The van der Waals surface area contributed by atoms with Crippen LogP contribution in [0.15, 0.2) is 38.6 Å². The summed E-state index contributed by atoms with van der Waals surface area (Å²) in [5.41, 5.74) is 0.887. The standard InChI is InChI=1S/C14H16NO5PS2/c1-3-19-21(18,20-4-2)13-10-22-14(23-13)9-11-5-7-12(8-6-11)15(16)17/h5-10H,3-4H2,1-2H3/b14-9-. The van der Waals surface area contributed by atoms with E-state index >= 15 is 0 Å². The molecular formula is C14H16NO5PS2. The van der Waals surface area contributed by atoms with Gasteiger partial charge in [0.2, 0.25) is 0 Å². The maximum atomic E-state index is 12.7. The van der Waals surface area contributed by atoms with E-state index < -0.39 is 12.5 Å². The van der Waals surface area contributed by atoms with E-state index in [0.29, 0.717) is 17.9 Å². The van der Waals surface area contributed by atoms with Crippen molar-refractivity contribution in [3.05, 3.63) is 54.2 Å². The second kappa shape index (κ2) is 8.17. The van der Waals surface area contributed by atoms with Gasteiger partial charge in [-0.2, -0.15) is 0 Å². The predicted molar refractivity (Wildman–Crippen MR) is 95.2 cm³/mol. The van der Waals surface area contributed by atoms with Gasteiger partial charge in [-0.1, -0.05) is 23.5 Å². The molecule has 0 N–H and O–H groups in total. The lowest BCUT2D eigenvalue weighted by Crippen LogP contribution is -1.95. The van der Waals surface area contributed by atoms with E-state index in [1.807, 2.05) is 6.08 Å². The number of non-ortho nitro benzene ring substituents is 1. The van der Waals surface area contributed by atoms with Crippen molar-refractivity contribution in [2.45, 2.75) is 13.8 Å². The Morgan fingerprint density at radius 2 is 1.83 bits per heavy atom. The van der Waals surface area contributed by atoms with Crippen molar-refractivity contribution in [1.29, 1.82) is 0 Å². The van der Waals surface area contributed by atoms with Gasteiger partial charge in [-0.05, 0) is 43.0 Å². The summed E-state index contributed by atoms with van der Waals surface area (Å²) in [5.74, 6) is 0. The first kappa shape index (κ1) is 18.3. The highest BCUT2D eigenvalue weighted by molar-refractivity contribution is 8.31. The molecule has 9 heteroatoms. The van der Waals surface area contributed by atoms with Crippen molar-refractivity contribution < 1.29 is 18.5 Å². The molecule has 0 radical (unpaired) electrons. The van der Waals surface area contributed by atoms with Crippen molar-refractivity contribution >= 4 is 42.9 Å². The van der Waals surface area contributed by atoms with E-state index in [4.69, 9.17) is 9.05 Å². The van der Waals surface area contributed by atoms with Crippen molar-refractivity contribution in [3.63, 3.8) is 0 Å². The lowest BCUT2D eigenvalue weighted by atomic mass is 10.2. The van der Waals surface area contributed by atoms with Crippen LogP contribution in [0.1, 0.15) is 19.4 Å². The molecule has 0 saturated heterocycles. The second-order valence-corrected chi connectivity index (χ2v) is 8.87. The zero-order chi connectivity index (χ0) is 16.9. The van der Waals surface area contributed by atoms with Crippen LogP contribution in [0.2, 0.25) is 0 Å². The fourth-order valence-corrected chi connectivity index (χ4v) is 6.47. The minimum Gasteiger partial charge on any atom is -0.305 e. The Kier molecular flexibility index (Phi) is 6.50. The van der Waals surface area contributed by atoms with Gasteiger partial charge >= 0.3 is 7.60 Å². The highest BCUT2D eigenvalue weighted by atomic mass is 32.2. The first-order valence-corrected chi connectivity index (χ1v) is 10.1.